The molecule has 1 atom stereocenters. The lowest BCUT2D eigenvalue weighted by Crippen LogP contribution is -2.30. The molecule has 0 fully saturated rings. The molecule has 1 unspecified atom stereocenters. The van der Waals surface area contributed by atoms with Gasteiger partial charge in [0.25, 0.3) is 0 Å². The van der Waals surface area contributed by atoms with Gasteiger partial charge in [0.2, 0.25) is 5.67 Å². The molecule has 0 bridgehead atoms. The van der Waals surface area contributed by atoms with Crippen molar-refractivity contribution in [3.8, 4) is 5.75 Å². The van der Waals surface area contributed by atoms with E-state index in [-0.39, 0.29) is 22.8 Å². The molecule has 0 aliphatic carbocycles. The molecule has 3 nitrogen and oxygen atoms in total. The van der Waals surface area contributed by atoms with Gasteiger partial charge in [-0.15, -0.1) is 0 Å². The number of hydrogen-bond acceptors (Lipinski definition) is 2. The lowest BCUT2D eigenvalue weighted by molar-refractivity contribution is -0.152. The minimum absolute atomic E-state index is 0.0579. The third-order valence-corrected chi connectivity index (χ3v) is 2.65. The van der Waals surface area contributed by atoms with Gasteiger partial charge < -0.3 is 9.84 Å². The van der Waals surface area contributed by atoms with Crippen molar-refractivity contribution in [1.29, 1.82) is 0 Å². The number of alkyl halides is 1. The Labute approximate surface area is 97.8 Å². The minimum Gasteiger partial charge on any atom is -0.496 e. The van der Waals surface area contributed by atoms with E-state index in [4.69, 9.17) is 21.4 Å². The van der Waals surface area contributed by atoms with Crippen molar-refractivity contribution >= 4 is 17.6 Å². The van der Waals surface area contributed by atoms with E-state index in [0.29, 0.717) is 0 Å². The van der Waals surface area contributed by atoms with Gasteiger partial charge in [-0.25, -0.2) is 9.18 Å². The average molecular weight is 247 g/mol. The van der Waals surface area contributed by atoms with Crippen molar-refractivity contribution in [2.24, 2.45) is 0 Å². The van der Waals surface area contributed by atoms with Crippen LogP contribution in [0.2, 0.25) is 5.02 Å². The lowest BCUT2D eigenvalue weighted by atomic mass is 9.92. The van der Waals surface area contributed by atoms with Gasteiger partial charge in [0.1, 0.15) is 5.75 Å². The number of carboxylic acid groups (broad SMARTS) is 1. The summed E-state index contributed by atoms with van der Waals surface area (Å²) in [5, 5.41) is 9.19. The molecule has 1 rings (SSSR count). The number of benzene rings is 1. The number of carbonyl (C=O) groups is 1. The van der Waals surface area contributed by atoms with Crippen LogP contribution in [0.15, 0.2) is 18.2 Å². The van der Waals surface area contributed by atoms with Crippen molar-refractivity contribution < 1.29 is 19.0 Å². The standard InChI is InChI=1S/C11H12ClFO3/c1-3-11(13,10(14)15)8-6-7(12)4-5-9(8)16-2/h4-6H,3H2,1-2H3,(H,14,15). The lowest BCUT2D eigenvalue weighted by Gasteiger charge is -2.21. The van der Waals surface area contributed by atoms with Crippen LogP contribution in [0.3, 0.4) is 0 Å². The molecule has 0 saturated carbocycles. The number of ether oxygens (including phenoxy) is 1. The summed E-state index contributed by atoms with van der Waals surface area (Å²) in [6, 6.07) is 4.24. The summed E-state index contributed by atoms with van der Waals surface area (Å²) in [7, 11) is 1.35. The molecule has 0 aromatic heterocycles. The highest BCUT2D eigenvalue weighted by molar-refractivity contribution is 6.30. The van der Waals surface area contributed by atoms with E-state index in [1.807, 2.05) is 0 Å². The normalized spacial score (nSPS) is 14.2. The Bertz CT molecular complexity index is 408. The maximum atomic E-state index is 14.3. The van der Waals surface area contributed by atoms with Gasteiger partial charge in [-0.3, -0.25) is 0 Å². The molecule has 88 valence electrons. The summed E-state index contributed by atoms with van der Waals surface area (Å²) in [5.41, 5.74) is -2.53. The Morgan fingerprint density at radius 1 is 1.62 bits per heavy atom. The predicted molar refractivity (Wildman–Crippen MR) is 58.7 cm³/mol. The third-order valence-electron chi connectivity index (χ3n) is 2.41. The SMILES string of the molecule is CCC(F)(C(=O)O)c1cc(Cl)ccc1OC. The van der Waals surface area contributed by atoms with Crippen LogP contribution in [0, 0.1) is 0 Å². The highest BCUT2D eigenvalue weighted by atomic mass is 35.5. The van der Waals surface area contributed by atoms with E-state index >= 15 is 0 Å². The Hall–Kier alpha value is -1.29. The van der Waals surface area contributed by atoms with Gasteiger partial charge in [0.15, 0.2) is 0 Å². The molecule has 1 N–H and O–H groups in total. The van der Waals surface area contributed by atoms with E-state index in [1.165, 1.54) is 32.2 Å². The Kier molecular flexibility index (Phi) is 3.75. The Balaban J connectivity index is 3.39. The number of carboxylic acids is 1. The minimum atomic E-state index is -2.48. The second-order valence-electron chi connectivity index (χ2n) is 3.30. The van der Waals surface area contributed by atoms with Gasteiger partial charge in [-0.1, -0.05) is 18.5 Å². The van der Waals surface area contributed by atoms with E-state index in [1.54, 1.807) is 0 Å². The fourth-order valence-electron chi connectivity index (χ4n) is 1.45. The second kappa shape index (κ2) is 4.70. The zero-order valence-electron chi connectivity index (χ0n) is 8.96. The highest BCUT2D eigenvalue weighted by Gasteiger charge is 2.41. The van der Waals surface area contributed by atoms with E-state index in [9.17, 15) is 9.18 Å². The quantitative estimate of drug-likeness (QED) is 0.888. The van der Waals surface area contributed by atoms with Gasteiger partial charge >= 0.3 is 5.97 Å². The second-order valence-corrected chi connectivity index (χ2v) is 3.74. The van der Waals surface area contributed by atoms with Crippen LogP contribution in [0.1, 0.15) is 18.9 Å². The van der Waals surface area contributed by atoms with Gasteiger partial charge in [-0.2, -0.15) is 0 Å². The summed E-state index contributed by atoms with van der Waals surface area (Å²) in [6.45, 7) is 1.45. The fraction of sp³-hybridized carbons (Fsp3) is 0.364. The van der Waals surface area contributed by atoms with Crippen LogP contribution in [-0.4, -0.2) is 18.2 Å². The number of aliphatic carboxylic acids is 1. The number of halogens is 2. The number of methoxy groups -OCH3 is 1. The van der Waals surface area contributed by atoms with Crippen LogP contribution in [0.4, 0.5) is 4.39 Å². The smallest absolute Gasteiger partial charge is 0.346 e. The molecule has 0 aliphatic heterocycles. The van der Waals surface area contributed by atoms with Crippen molar-refractivity contribution in [2.45, 2.75) is 19.0 Å². The van der Waals surface area contributed by atoms with Crippen molar-refractivity contribution in [3.63, 3.8) is 0 Å². The summed E-state index contributed by atoms with van der Waals surface area (Å²) >= 11 is 5.73. The van der Waals surface area contributed by atoms with Crippen LogP contribution in [0.5, 0.6) is 5.75 Å². The summed E-state index contributed by atoms with van der Waals surface area (Å²) < 4.78 is 19.2. The molecule has 0 amide bonds. The Morgan fingerprint density at radius 2 is 2.25 bits per heavy atom. The zero-order chi connectivity index (χ0) is 12.3. The maximum Gasteiger partial charge on any atom is 0.346 e. The topological polar surface area (TPSA) is 46.5 Å². The van der Waals surface area contributed by atoms with Crippen LogP contribution >= 0.6 is 11.6 Å². The largest absolute Gasteiger partial charge is 0.496 e. The molecular weight excluding hydrogens is 235 g/mol. The first-order chi connectivity index (χ1) is 7.45. The number of hydrogen-bond donors (Lipinski definition) is 1. The predicted octanol–water partition coefficient (Wildman–Crippen LogP) is 3.01. The first-order valence-corrected chi connectivity index (χ1v) is 5.09. The summed E-state index contributed by atoms with van der Waals surface area (Å²) in [4.78, 5) is 11.0. The third kappa shape index (κ3) is 2.11. The highest BCUT2D eigenvalue weighted by Crippen LogP contribution is 2.38. The molecule has 1 aromatic carbocycles. The molecular formula is C11H12ClFO3. The molecule has 1 aromatic rings. The van der Waals surface area contributed by atoms with E-state index in [2.05, 4.69) is 0 Å². The molecule has 0 saturated heterocycles. The van der Waals surface area contributed by atoms with Crippen molar-refractivity contribution in [2.75, 3.05) is 7.11 Å². The molecule has 16 heavy (non-hydrogen) atoms. The fourth-order valence-corrected chi connectivity index (χ4v) is 1.62. The van der Waals surface area contributed by atoms with Gasteiger partial charge in [0, 0.05) is 10.6 Å². The maximum absolute atomic E-state index is 14.3. The molecule has 5 heteroatoms. The molecule has 0 heterocycles. The van der Waals surface area contributed by atoms with E-state index < -0.39 is 11.6 Å². The average Bonchev–Trinajstić information content (AvgIpc) is 2.27. The van der Waals surface area contributed by atoms with E-state index in [0.717, 1.165) is 0 Å². The van der Waals surface area contributed by atoms with Crippen LogP contribution < -0.4 is 4.74 Å². The molecule has 0 radical (unpaired) electrons. The first-order valence-electron chi connectivity index (χ1n) is 4.72. The molecule has 0 aliphatic rings. The first kappa shape index (κ1) is 12.8. The summed E-state index contributed by atoms with van der Waals surface area (Å²) in [5.74, 6) is -1.37. The van der Waals surface area contributed by atoms with Gasteiger partial charge in [-0.05, 0) is 24.6 Å². The van der Waals surface area contributed by atoms with Crippen LogP contribution in [-0.2, 0) is 10.5 Å². The van der Waals surface area contributed by atoms with Crippen molar-refractivity contribution in [3.05, 3.63) is 28.8 Å². The summed E-state index contributed by atoms with van der Waals surface area (Å²) in [6.07, 6.45) is -0.195. The van der Waals surface area contributed by atoms with Gasteiger partial charge in [0.05, 0.1) is 7.11 Å². The van der Waals surface area contributed by atoms with Crippen molar-refractivity contribution in [1.82, 2.24) is 0 Å². The van der Waals surface area contributed by atoms with Crippen LogP contribution in [0.25, 0.3) is 0 Å². The monoisotopic (exact) mass is 246 g/mol. The zero-order valence-corrected chi connectivity index (χ0v) is 9.71. The Morgan fingerprint density at radius 3 is 2.69 bits per heavy atom. The number of rotatable bonds is 4. The molecule has 0 spiro atoms.